The van der Waals surface area contributed by atoms with Crippen LogP contribution < -0.4 is 20.7 Å². The van der Waals surface area contributed by atoms with Gasteiger partial charge in [-0.15, -0.1) is 0 Å². The number of nitrogen functional groups attached to an aromatic ring is 1. The molecule has 2 saturated heterocycles. The first-order valence-corrected chi connectivity index (χ1v) is 9.60. The fourth-order valence-corrected chi connectivity index (χ4v) is 3.97. The average molecular weight is 374 g/mol. The number of piperazine rings is 1. The van der Waals surface area contributed by atoms with E-state index in [-0.39, 0.29) is 5.91 Å². The van der Waals surface area contributed by atoms with Gasteiger partial charge in [-0.3, -0.25) is 9.69 Å². The summed E-state index contributed by atoms with van der Waals surface area (Å²) in [5, 5.41) is 2.88. The number of hydrogen-bond donors (Lipinski definition) is 2. The highest BCUT2D eigenvalue weighted by molar-refractivity contribution is 6.02. The van der Waals surface area contributed by atoms with Gasteiger partial charge in [0.05, 0.1) is 24.2 Å². The number of likely N-dealkylation sites (N-methyl/N-ethyl adjacent to an activating group) is 1. The van der Waals surface area contributed by atoms with E-state index in [0.29, 0.717) is 23.2 Å². The molecule has 1 aromatic carbocycles. The second kappa shape index (κ2) is 8.63. The lowest BCUT2D eigenvalue weighted by molar-refractivity contribution is -0.111. The van der Waals surface area contributed by atoms with Gasteiger partial charge in [0, 0.05) is 51.4 Å². The summed E-state index contributed by atoms with van der Waals surface area (Å²) in [6, 6.07) is 4.32. The van der Waals surface area contributed by atoms with E-state index >= 15 is 0 Å². The molecule has 1 aromatic rings. The van der Waals surface area contributed by atoms with Crippen molar-refractivity contribution in [1.82, 2.24) is 9.80 Å². The van der Waals surface area contributed by atoms with Crippen LogP contribution in [0.2, 0.25) is 0 Å². The van der Waals surface area contributed by atoms with Crippen LogP contribution in [0.25, 0.3) is 0 Å². The van der Waals surface area contributed by atoms with Crippen LogP contribution in [0.15, 0.2) is 24.8 Å². The Morgan fingerprint density at radius 1 is 1.22 bits per heavy atom. The van der Waals surface area contributed by atoms with Crippen LogP contribution in [0.1, 0.15) is 12.8 Å². The van der Waals surface area contributed by atoms with Crippen LogP contribution in [0, 0.1) is 0 Å². The molecule has 7 nitrogen and oxygen atoms in total. The van der Waals surface area contributed by atoms with Gasteiger partial charge in [0.15, 0.2) is 0 Å². The summed E-state index contributed by atoms with van der Waals surface area (Å²) in [5.74, 6) is 0.385. The third-order valence-corrected chi connectivity index (χ3v) is 5.65. The van der Waals surface area contributed by atoms with Crippen LogP contribution in [0.3, 0.4) is 0 Å². The van der Waals surface area contributed by atoms with Crippen LogP contribution in [-0.2, 0) is 4.79 Å². The van der Waals surface area contributed by atoms with Gasteiger partial charge in [0.25, 0.3) is 0 Å². The SMILES string of the molecule is C=CC(=O)Nc1cc(N)c(OC)cc1N1CCC(N2CCN(C)CC2)CC1. The van der Waals surface area contributed by atoms with Gasteiger partial charge < -0.3 is 25.6 Å². The van der Waals surface area contributed by atoms with Crippen molar-refractivity contribution in [3.63, 3.8) is 0 Å². The minimum absolute atomic E-state index is 0.242. The Bertz CT molecular complexity index is 677. The van der Waals surface area contributed by atoms with Gasteiger partial charge in [0.1, 0.15) is 5.75 Å². The van der Waals surface area contributed by atoms with Gasteiger partial charge in [-0.25, -0.2) is 0 Å². The summed E-state index contributed by atoms with van der Waals surface area (Å²) in [5.41, 5.74) is 8.21. The van der Waals surface area contributed by atoms with E-state index in [1.54, 1.807) is 13.2 Å². The Morgan fingerprint density at radius 2 is 1.89 bits per heavy atom. The number of hydrogen-bond acceptors (Lipinski definition) is 6. The molecule has 148 valence electrons. The van der Waals surface area contributed by atoms with Gasteiger partial charge in [0.2, 0.25) is 5.91 Å². The van der Waals surface area contributed by atoms with E-state index in [2.05, 4.69) is 33.6 Å². The van der Waals surface area contributed by atoms with E-state index in [9.17, 15) is 4.79 Å². The van der Waals surface area contributed by atoms with Gasteiger partial charge >= 0.3 is 0 Å². The molecule has 0 atom stereocenters. The number of carbonyl (C=O) groups excluding carboxylic acids is 1. The minimum atomic E-state index is -0.242. The molecule has 2 aliphatic rings. The number of piperidine rings is 1. The molecular weight excluding hydrogens is 342 g/mol. The lowest BCUT2D eigenvalue weighted by atomic mass is 10.0. The van der Waals surface area contributed by atoms with Crippen molar-refractivity contribution in [3.8, 4) is 5.75 Å². The fraction of sp³-hybridized carbons (Fsp3) is 0.550. The van der Waals surface area contributed by atoms with Crippen molar-refractivity contribution in [1.29, 1.82) is 0 Å². The first kappa shape index (κ1) is 19.5. The maximum Gasteiger partial charge on any atom is 0.247 e. The van der Waals surface area contributed by atoms with E-state index in [4.69, 9.17) is 10.5 Å². The molecule has 2 heterocycles. The molecule has 1 amide bonds. The number of nitrogens with two attached hydrogens (primary N) is 1. The standard InChI is InChI=1S/C20H31N5O2/c1-4-20(26)22-17-13-16(21)19(27-3)14-18(17)25-7-5-15(6-8-25)24-11-9-23(2)10-12-24/h4,13-15H,1,5-12,21H2,2-3H3,(H,22,26). The molecule has 0 saturated carbocycles. The molecule has 7 heteroatoms. The normalized spacial score (nSPS) is 19.7. The molecule has 2 aliphatic heterocycles. The quantitative estimate of drug-likeness (QED) is 0.604. The fourth-order valence-electron chi connectivity index (χ4n) is 3.97. The summed E-state index contributed by atoms with van der Waals surface area (Å²) < 4.78 is 5.39. The number of methoxy groups -OCH3 is 1. The van der Waals surface area contributed by atoms with Crippen molar-refractivity contribution in [2.24, 2.45) is 0 Å². The molecule has 27 heavy (non-hydrogen) atoms. The van der Waals surface area contributed by atoms with Crippen molar-refractivity contribution in [2.75, 3.05) is 69.4 Å². The Labute approximate surface area is 161 Å². The van der Waals surface area contributed by atoms with Gasteiger partial charge in [-0.05, 0) is 32.0 Å². The highest BCUT2D eigenvalue weighted by atomic mass is 16.5. The summed E-state index contributed by atoms with van der Waals surface area (Å²) in [7, 11) is 3.80. The first-order chi connectivity index (χ1) is 13.0. The maximum atomic E-state index is 11.8. The maximum absolute atomic E-state index is 11.8. The number of rotatable bonds is 5. The molecule has 0 unspecified atom stereocenters. The van der Waals surface area contributed by atoms with Crippen molar-refractivity contribution in [2.45, 2.75) is 18.9 Å². The smallest absolute Gasteiger partial charge is 0.247 e. The van der Waals surface area contributed by atoms with Gasteiger partial charge in [-0.2, -0.15) is 0 Å². The lowest BCUT2D eigenvalue weighted by Gasteiger charge is -2.43. The molecule has 2 fully saturated rings. The summed E-state index contributed by atoms with van der Waals surface area (Å²) in [6.07, 6.45) is 3.50. The summed E-state index contributed by atoms with van der Waals surface area (Å²) in [4.78, 5) is 19.2. The van der Waals surface area contributed by atoms with Crippen LogP contribution in [0.4, 0.5) is 17.1 Å². The molecule has 0 spiro atoms. The Hall–Kier alpha value is -2.25. The summed E-state index contributed by atoms with van der Waals surface area (Å²) >= 11 is 0. The third-order valence-electron chi connectivity index (χ3n) is 5.65. The van der Waals surface area contributed by atoms with Crippen molar-refractivity contribution in [3.05, 3.63) is 24.8 Å². The number of carbonyl (C=O) groups is 1. The number of nitrogens with one attached hydrogen (secondary N) is 1. The Balaban J connectivity index is 1.72. The van der Waals surface area contributed by atoms with Crippen molar-refractivity contribution < 1.29 is 9.53 Å². The first-order valence-electron chi connectivity index (χ1n) is 9.60. The van der Waals surface area contributed by atoms with Crippen LogP contribution in [0.5, 0.6) is 5.75 Å². The minimum Gasteiger partial charge on any atom is -0.495 e. The number of ether oxygens (including phenoxy) is 1. The largest absolute Gasteiger partial charge is 0.495 e. The zero-order valence-corrected chi connectivity index (χ0v) is 16.4. The number of benzene rings is 1. The molecule has 0 bridgehead atoms. The van der Waals surface area contributed by atoms with E-state index in [1.165, 1.54) is 6.08 Å². The highest BCUT2D eigenvalue weighted by Crippen LogP contribution is 2.37. The molecule has 0 aliphatic carbocycles. The van der Waals surface area contributed by atoms with Crippen LogP contribution in [-0.4, -0.2) is 75.2 Å². The zero-order valence-electron chi connectivity index (χ0n) is 16.4. The number of anilines is 3. The lowest BCUT2D eigenvalue weighted by Crippen LogP contribution is -2.52. The zero-order chi connectivity index (χ0) is 19.4. The molecule has 3 rings (SSSR count). The molecular formula is C20H31N5O2. The van der Waals surface area contributed by atoms with E-state index in [0.717, 1.165) is 57.8 Å². The Morgan fingerprint density at radius 3 is 2.48 bits per heavy atom. The topological polar surface area (TPSA) is 74.1 Å². The molecule has 3 N–H and O–H groups in total. The summed E-state index contributed by atoms with van der Waals surface area (Å²) in [6.45, 7) is 10.0. The van der Waals surface area contributed by atoms with E-state index in [1.807, 2.05) is 6.07 Å². The van der Waals surface area contributed by atoms with Gasteiger partial charge in [-0.1, -0.05) is 6.58 Å². The molecule has 0 aromatic heterocycles. The van der Waals surface area contributed by atoms with Crippen molar-refractivity contribution >= 4 is 23.0 Å². The molecule has 0 radical (unpaired) electrons. The Kier molecular flexibility index (Phi) is 6.23. The second-order valence-electron chi connectivity index (χ2n) is 7.36. The number of nitrogens with zero attached hydrogens (tertiary/aromatic N) is 3. The highest BCUT2D eigenvalue weighted by Gasteiger charge is 2.28. The second-order valence-corrected chi connectivity index (χ2v) is 7.36. The number of amides is 1. The van der Waals surface area contributed by atoms with Crippen LogP contribution >= 0.6 is 0 Å². The average Bonchev–Trinajstić information content (AvgIpc) is 2.69. The van der Waals surface area contributed by atoms with E-state index < -0.39 is 0 Å². The predicted octanol–water partition coefficient (Wildman–Crippen LogP) is 1.62. The third kappa shape index (κ3) is 4.54. The monoisotopic (exact) mass is 373 g/mol. The predicted molar refractivity (Wildman–Crippen MR) is 111 cm³/mol.